The molecule has 0 spiro atoms. The standard InChI is InChI=1S/CH4.2Li.H3O4P.2H/c;;;1-5(2,3)4;;/h1H4;;;(H3,1,2,3,4);;/q;2*+1;;2*-1. The zero-order valence-corrected chi connectivity index (χ0v) is 5.09. The van der Waals surface area contributed by atoms with Crippen molar-refractivity contribution in [2.75, 3.05) is 0 Å². The molecule has 3 N–H and O–H groups in total. The molecule has 7 heteroatoms. The van der Waals surface area contributed by atoms with E-state index in [1.807, 2.05) is 0 Å². The van der Waals surface area contributed by atoms with Crippen LogP contribution in [0.2, 0.25) is 0 Å². The summed E-state index contributed by atoms with van der Waals surface area (Å²) in [6, 6.07) is 0. The summed E-state index contributed by atoms with van der Waals surface area (Å²) in [4.78, 5) is 21.6. The van der Waals surface area contributed by atoms with Gasteiger partial charge in [0.25, 0.3) is 0 Å². The zero-order valence-electron chi connectivity index (χ0n) is 6.20. The molecule has 0 aliphatic heterocycles. The van der Waals surface area contributed by atoms with Gasteiger partial charge in [0.1, 0.15) is 0 Å². The fourth-order valence-electron chi connectivity index (χ4n) is 0. The molecule has 0 saturated carbocycles. The van der Waals surface area contributed by atoms with E-state index in [2.05, 4.69) is 0 Å². The SMILES string of the molecule is C.O=P(O)(O)O.[H-].[H-].[Li+].[Li+]. The molecule has 0 fully saturated rings. The van der Waals surface area contributed by atoms with Crippen LogP contribution in [0.4, 0.5) is 0 Å². The van der Waals surface area contributed by atoms with E-state index in [-0.39, 0.29) is 48.0 Å². The molecule has 0 bridgehead atoms. The van der Waals surface area contributed by atoms with Crippen LogP contribution in [-0.2, 0) is 4.57 Å². The van der Waals surface area contributed by atoms with E-state index < -0.39 is 7.82 Å². The first kappa shape index (κ1) is 22.8. The summed E-state index contributed by atoms with van der Waals surface area (Å²) >= 11 is 0. The predicted molar refractivity (Wildman–Crippen MR) is 23.2 cm³/mol. The van der Waals surface area contributed by atoms with Crippen molar-refractivity contribution in [3.8, 4) is 0 Å². The minimum Gasteiger partial charge on any atom is -1.00 e. The van der Waals surface area contributed by atoms with Gasteiger partial charge in [-0.05, 0) is 0 Å². The molecule has 0 saturated heterocycles. The summed E-state index contributed by atoms with van der Waals surface area (Å²) in [5.74, 6) is 0. The largest absolute Gasteiger partial charge is 1.00 e. The maximum atomic E-state index is 8.88. The van der Waals surface area contributed by atoms with Crippen LogP contribution in [0.1, 0.15) is 10.3 Å². The van der Waals surface area contributed by atoms with Gasteiger partial charge in [0, 0.05) is 0 Å². The molecule has 0 atom stereocenters. The summed E-state index contributed by atoms with van der Waals surface area (Å²) in [5.41, 5.74) is 0. The van der Waals surface area contributed by atoms with Crippen molar-refractivity contribution in [2.45, 2.75) is 7.43 Å². The maximum absolute atomic E-state index is 8.88. The van der Waals surface area contributed by atoms with Gasteiger partial charge in [-0.3, -0.25) is 0 Å². The summed E-state index contributed by atoms with van der Waals surface area (Å²) in [6.07, 6.45) is 0. The molecule has 0 aromatic carbocycles. The Balaban J connectivity index is -0.00000000800. The van der Waals surface area contributed by atoms with E-state index in [9.17, 15) is 0 Å². The molecular weight excluding hydrogens is 121 g/mol. The molecule has 0 aromatic rings. The average molecular weight is 130 g/mol. The predicted octanol–water partition coefficient (Wildman–Crippen LogP) is -6.06. The van der Waals surface area contributed by atoms with Gasteiger partial charge in [-0.25, -0.2) is 4.57 Å². The molecule has 0 aliphatic carbocycles. The van der Waals surface area contributed by atoms with Gasteiger partial charge in [-0.2, -0.15) is 0 Å². The van der Waals surface area contributed by atoms with Crippen molar-refractivity contribution in [3.05, 3.63) is 0 Å². The van der Waals surface area contributed by atoms with E-state index in [0.29, 0.717) is 0 Å². The minimum atomic E-state index is -4.64. The van der Waals surface area contributed by atoms with Gasteiger partial charge >= 0.3 is 45.5 Å². The Morgan fingerprint density at radius 3 is 1.12 bits per heavy atom. The van der Waals surface area contributed by atoms with Crippen LogP contribution < -0.4 is 37.7 Å². The van der Waals surface area contributed by atoms with Crippen LogP contribution in [0.3, 0.4) is 0 Å². The molecule has 8 heavy (non-hydrogen) atoms. The first-order valence-electron chi connectivity index (χ1n) is 0.783. The van der Waals surface area contributed by atoms with Crippen molar-refractivity contribution in [3.63, 3.8) is 0 Å². The van der Waals surface area contributed by atoms with Crippen LogP contribution in [-0.4, -0.2) is 14.7 Å². The van der Waals surface area contributed by atoms with E-state index in [0.717, 1.165) is 0 Å². The molecule has 44 valence electrons. The topological polar surface area (TPSA) is 77.8 Å². The Kier molecular flexibility index (Phi) is 23.7. The van der Waals surface area contributed by atoms with Crippen molar-refractivity contribution in [1.82, 2.24) is 0 Å². The first-order chi connectivity index (χ1) is 2.00. The Bertz CT molecular complexity index is 67.4. The van der Waals surface area contributed by atoms with Crippen molar-refractivity contribution in [2.24, 2.45) is 0 Å². The Hall–Kier alpha value is 1.30. The Morgan fingerprint density at radius 1 is 1.12 bits per heavy atom. The molecule has 0 aliphatic rings. The van der Waals surface area contributed by atoms with Crippen molar-refractivity contribution in [1.29, 1.82) is 0 Å². The monoisotopic (exact) mass is 130 g/mol. The second-order valence-electron chi connectivity index (χ2n) is 0.513. The fourth-order valence-corrected chi connectivity index (χ4v) is 0. The minimum absolute atomic E-state index is 0. The molecule has 0 rings (SSSR count). The van der Waals surface area contributed by atoms with Gasteiger partial charge in [0.15, 0.2) is 0 Å². The first-order valence-corrected chi connectivity index (χ1v) is 2.35. The average Bonchev–Trinajstić information content (AvgIpc) is 0.722. The molecule has 0 unspecified atom stereocenters. The van der Waals surface area contributed by atoms with Gasteiger partial charge in [-0.1, -0.05) is 7.43 Å². The second-order valence-corrected chi connectivity index (χ2v) is 1.54. The third-order valence-electron chi connectivity index (χ3n) is 0. The molecule has 0 heterocycles. The third-order valence-corrected chi connectivity index (χ3v) is 0. The van der Waals surface area contributed by atoms with Gasteiger partial charge < -0.3 is 17.5 Å². The van der Waals surface area contributed by atoms with Gasteiger partial charge in [-0.15, -0.1) is 0 Å². The summed E-state index contributed by atoms with van der Waals surface area (Å²) < 4.78 is 8.88. The summed E-state index contributed by atoms with van der Waals surface area (Å²) in [7, 11) is -4.64. The number of hydrogen-bond donors (Lipinski definition) is 3. The quantitative estimate of drug-likeness (QED) is 0.225. The van der Waals surface area contributed by atoms with E-state index in [4.69, 9.17) is 19.2 Å². The van der Waals surface area contributed by atoms with Crippen LogP contribution in [0.25, 0.3) is 0 Å². The second kappa shape index (κ2) is 8.30. The number of hydrogen-bond acceptors (Lipinski definition) is 1. The summed E-state index contributed by atoms with van der Waals surface area (Å²) in [5, 5.41) is 0. The van der Waals surface area contributed by atoms with Crippen LogP contribution >= 0.6 is 7.82 Å². The maximum Gasteiger partial charge on any atom is 1.00 e. The smallest absolute Gasteiger partial charge is 1.00 e. The molecule has 0 aromatic heterocycles. The zero-order chi connectivity index (χ0) is 4.50. The van der Waals surface area contributed by atoms with E-state index in [1.54, 1.807) is 0 Å². The molecule has 0 radical (unpaired) electrons. The van der Waals surface area contributed by atoms with Crippen molar-refractivity contribution >= 4 is 7.82 Å². The normalized spacial score (nSPS) is 7.38. The Labute approximate surface area is 75.2 Å². The van der Waals surface area contributed by atoms with Gasteiger partial charge in [0.2, 0.25) is 0 Å². The molecule has 4 nitrogen and oxygen atoms in total. The number of phosphoric acid groups is 1. The molecule has 0 amide bonds. The number of rotatable bonds is 0. The third kappa shape index (κ3) is 171. The van der Waals surface area contributed by atoms with E-state index in [1.165, 1.54) is 0 Å². The van der Waals surface area contributed by atoms with Crippen LogP contribution in [0, 0.1) is 0 Å². The molecular formula is CH9Li2O4P. The van der Waals surface area contributed by atoms with E-state index >= 15 is 0 Å². The van der Waals surface area contributed by atoms with Crippen LogP contribution in [0.15, 0.2) is 0 Å². The van der Waals surface area contributed by atoms with Crippen LogP contribution in [0.5, 0.6) is 0 Å². The summed E-state index contributed by atoms with van der Waals surface area (Å²) in [6.45, 7) is 0. The van der Waals surface area contributed by atoms with Gasteiger partial charge in [0.05, 0.1) is 0 Å². The Morgan fingerprint density at radius 2 is 1.12 bits per heavy atom. The fraction of sp³-hybridized carbons (Fsp3) is 1.00. The van der Waals surface area contributed by atoms with Crippen molar-refractivity contribution < 1.29 is 59.8 Å².